The van der Waals surface area contributed by atoms with Gasteiger partial charge in [-0.05, 0) is 48.8 Å². The van der Waals surface area contributed by atoms with E-state index in [0.717, 1.165) is 37.3 Å². The Morgan fingerprint density at radius 2 is 1.89 bits per heavy atom. The second-order valence-electron chi connectivity index (χ2n) is 7.63. The summed E-state index contributed by atoms with van der Waals surface area (Å²) in [5.74, 6) is 2.80. The van der Waals surface area contributed by atoms with Crippen molar-refractivity contribution in [3.63, 3.8) is 0 Å². The molecule has 1 aromatic carbocycles. The Morgan fingerprint density at radius 1 is 1.25 bits per heavy atom. The average Bonchev–Trinajstić information content (AvgIpc) is 2.66. The molecule has 0 bridgehead atoms. The molecule has 0 unspecified atom stereocenters. The molecule has 0 heterocycles. The van der Waals surface area contributed by atoms with Gasteiger partial charge in [-0.3, -0.25) is 9.79 Å². The number of halogens is 1. The van der Waals surface area contributed by atoms with E-state index < -0.39 is 5.91 Å². The first-order valence-electron chi connectivity index (χ1n) is 9.89. The Bertz CT molecular complexity index is 613. The van der Waals surface area contributed by atoms with Gasteiger partial charge in [-0.2, -0.15) is 0 Å². The second-order valence-corrected chi connectivity index (χ2v) is 7.63. The number of aliphatic imine (C=N–C) groups is 1. The molecule has 0 saturated heterocycles. The molecule has 1 aliphatic carbocycles. The second kappa shape index (κ2) is 12.9. The lowest BCUT2D eigenvalue weighted by atomic mass is 9.83. The zero-order valence-electron chi connectivity index (χ0n) is 17.3. The number of rotatable bonds is 8. The Morgan fingerprint density at radius 3 is 2.46 bits per heavy atom. The van der Waals surface area contributed by atoms with Crippen molar-refractivity contribution in [3.8, 4) is 5.75 Å². The van der Waals surface area contributed by atoms with E-state index in [9.17, 15) is 4.79 Å². The van der Waals surface area contributed by atoms with Gasteiger partial charge in [-0.25, -0.2) is 0 Å². The Labute approximate surface area is 186 Å². The van der Waals surface area contributed by atoms with E-state index in [1.165, 1.54) is 31.2 Å². The third-order valence-electron chi connectivity index (χ3n) is 5.24. The van der Waals surface area contributed by atoms with Gasteiger partial charge in [0.1, 0.15) is 5.75 Å². The maximum atomic E-state index is 10.7. The summed E-state index contributed by atoms with van der Waals surface area (Å²) >= 11 is 0. The first-order chi connectivity index (χ1) is 13.0. The van der Waals surface area contributed by atoms with E-state index in [1.54, 1.807) is 0 Å². The lowest BCUT2D eigenvalue weighted by Crippen LogP contribution is -2.42. The SMILES string of the molecule is CN=C(NCCc1ccc(OCC(N)=O)cc1)N(C)CC1CCC(C)CC1.I. The predicted molar refractivity (Wildman–Crippen MR) is 125 cm³/mol. The molecule has 0 radical (unpaired) electrons. The molecule has 1 amide bonds. The Balaban J connectivity index is 0.00000392. The largest absolute Gasteiger partial charge is 0.484 e. The monoisotopic (exact) mass is 502 g/mol. The number of hydrogen-bond donors (Lipinski definition) is 2. The summed E-state index contributed by atoms with van der Waals surface area (Å²) in [5, 5.41) is 3.45. The van der Waals surface area contributed by atoms with Gasteiger partial charge >= 0.3 is 0 Å². The number of nitrogens with zero attached hydrogens (tertiary/aromatic N) is 2. The van der Waals surface area contributed by atoms with Gasteiger partial charge in [0.25, 0.3) is 5.91 Å². The smallest absolute Gasteiger partial charge is 0.255 e. The summed E-state index contributed by atoms with van der Waals surface area (Å²) in [6.45, 7) is 4.15. The van der Waals surface area contributed by atoms with E-state index in [1.807, 2.05) is 31.3 Å². The van der Waals surface area contributed by atoms with Gasteiger partial charge < -0.3 is 20.7 Å². The van der Waals surface area contributed by atoms with Crippen molar-refractivity contribution >= 4 is 35.8 Å². The van der Waals surface area contributed by atoms with Crippen LogP contribution in [0.3, 0.4) is 0 Å². The molecule has 7 heteroatoms. The molecule has 0 aliphatic heterocycles. The standard InChI is InChI=1S/C21H34N4O2.HI/c1-16-4-6-18(7-5-16)14-25(3)21(23-2)24-13-12-17-8-10-19(11-9-17)27-15-20(22)26;/h8-11,16,18H,4-7,12-15H2,1-3H3,(H2,22,26)(H,23,24);1H. The van der Waals surface area contributed by atoms with Crippen molar-refractivity contribution in [2.45, 2.75) is 39.0 Å². The molecule has 0 spiro atoms. The number of nitrogens with one attached hydrogen (secondary N) is 1. The van der Waals surface area contributed by atoms with E-state index >= 15 is 0 Å². The maximum Gasteiger partial charge on any atom is 0.255 e. The minimum Gasteiger partial charge on any atom is -0.484 e. The molecule has 1 aromatic rings. The van der Waals surface area contributed by atoms with Crippen molar-refractivity contribution in [1.82, 2.24) is 10.2 Å². The fourth-order valence-corrected chi connectivity index (χ4v) is 3.60. The lowest BCUT2D eigenvalue weighted by Gasteiger charge is -2.31. The zero-order valence-corrected chi connectivity index (χ0v) is 19.6. The highest BCUT2D eigenvalue weighted by Crippen LogP contribution is 2.28. The summed E-state index contributed by atoms with van der Waals surface area (Å²) in [6, 6.07) is 7.74. The number of carbonyl (C=O) groups excluding carboxylic acids is 1. The summed E-state index contributed by atoms with van der Waals surface area (Å²) in [7, 11) is 3.96. The highest BCUT2D eigenvalue weighted by molar-refractivity contribution is 14.0. The summed E-state index contributed by atoms with van der Waals surface area (Å²) in [5.41, 5.74) is 6.28. The molecule has 158 valence electrons. The Kier molecular flexibility index (Phi) is 11.3. The molecule has 6 nitrogen and oxygen atoms in total. The molecule has 0 atom stereocenters. The summed E-state index contributed by atoms with van der Waals surface area (Å²) < 4.78 is 5.28. The van der Waals surface area contributed by atoms with Crippen LogP contribution in [-0.2, 0) is 11.2 Å². The maximum absolute atomic E-state index is 10.7. The van der Waals surface area contributed by atoms with Crippen LogP contribution >= 0.6 is 24.0 Å². The molecular weight excluding hydrogens is 467 g/mol. The van der Waals surface area contributed by atoms with Crippen LogP contribution in [0.1, 0.15) is 38.2 Å². The zero-order chi connectivity index (χ0) is 19.6. The number of ether oxygens (including phenoxy) is 1. The third kappa shape index (κ3) is 8.67. The van der Waals surface area contributed by atoms with Crippen molar-refractivity contribution in [1.29, 1.82) is 0 Å². The first kappa shape index (κ1) is 24.5. The number of guanidine groups is 1. The van der Waals surface area contributed by atoms with Gasteiger partial charge in [0.2, 0.25) is 0 Å². The van der Waals surface area contributed by atoms with Crippen LogP contribution in [0.4, 0.5) is 0 Å². The number of amides is 1. The van der Waals surface area contributed by atoms with Crippen molar-refractivity contribution in [3.05, 3.63) is 29.8 Å². The van der Waals surface area contributed by atoms with Crippen LogP contribution in [0, 0.1) is 11.8 Å². The van der Waals surface area contributed by atoms with E-state index in [2.05, 4.69) is 29.2 Å². The minimum absolute atomic E-state index is 0. The van der Waals surface area contributed by atoms with Gasteiger partial charge in [-0.15, -0.1) is 24.0 Å². The molecule has 1 saturated carbocycles. The van der Waals surface area contributed by atoms with Crippen LogP contribution in [0.15, 0.2) is 29.3 Å². The van der Waals surface area contributed by atoms with Crippen LogP contribution in [0.25, 0.3) is 0 Å². The van der Waals surface area contributed by atoms with E-state index in [-0.39, 0.29) is 30.6 Å². The van der Waals surface area contributed by atoms with Gasteiger partial charge in [0.05, 0.1) is 0 Å². The fraction of sp³-hybridized carbons (Fsp3) is 0.619. The van der Waals surface area contributed by atoms with Crippen LogP contribution < -0.4 is 15.8 Å². The molecule has 1 aliphatic rings. The number of benzene rings is 1. The lowest BCUT2D eigenvalue weighted by molar-refractivity contribution is -0.119. The van der Waals surface area contributed by atoms with Crippen molar-refractivity contribution in [2.75, 3.05) is 33.8 Å². The van der Waals surface area contributed by atoms with Gasteiger partial charge in [0, 0.05) is 27.2 Å². The quantitative estimate of drug-likeness (QED) is 0.326. The third-order valence-corrected chi connectivity index (χ3v) is 5.24. The number of primary amides is 1. The molecule has 3 N–H and O–H groups in total. The minimum atomic E-state index is -0.471. The van der Waals surface area contributed by atoms with E-state index in [0.29, 0.717) is 5.75 Å². The summed E-state index contributed by atoms with van der Waals surface area (Å²) in [4.78, 5) is 17.4. The highest BCUT2D eigenvalue weighted by Gasteiger charge is 2.20. The van der Waals surface area contributed by atoms with Gasteiger partial charge in [-0.1, -0.05) is 31.9 Å². The topological polar surface area (TPSA) is 80.0 Å². The molecular formula is C21H35IN4O2. The molecule has 2 rings (SSSR count). The van der Waals surface area contributed by atoms with Crippen LogP contribution in [-0.4, -0.2) is 50.6 Å². The molecule has 28 heavy (non-hydrogen) atoms. The molecule has 1 fully saturated rings. The molecule has 0 aromatic heterocycles. The van der Waals surface area contributed by atoms with Crippen LogP contribution in [0.2, 0.25) is 0 Å². The Hall–Kier alpha value is -1.51. The van der Waals surface area contributed by atoms with E-state index in [4.69, 9.17) is 10.5 Å². The number of hydrogen-bond acceptors (Lipinski definition) is 3. The summed E-state index contributed by atoms with van der Waals surface area (Å²) in [6.07, 6.45) is 6.25. The van der Waals surface area contributed by atoms with Crippen molar-refractivity contribution < 1.29 is 9.53 Å². The van der Waals surface area contributed by atoms with Crippen molar-refractivity contribution in [2.24, 2.45) is 22.6 Å². The highest BCUT2D eigenvalue weighted by atomic mass is 127. The number of carbonyl (C=O) groups is 1. The first-order valence-corrected chi connectivity index (χ1v) is 9.89. The van der Waals surface area contributed by atoms with Gasteiger partial charge in [0.15, 0.2) is 12.6 Å². The average molecular weight is 502 g/mol. The normalized spacial score (nSPS) is 19.5. The fourth-order valence-electron chi connectivity index (χ4n) is 3.60. The number of nitrogens with two attached hydrogens (primary N) is 1. The predicted octanol–water partition coefficient (Wildman–Crippen LogP) is 3.04. The van der Waals surface area contributed by atoms with Crippen LogP contribution in [0.5, 0.6) is 5.75 Å².